The van der Waals surface area contributed by atoms with Crippen molar-refractivity contribution in [2.45, 2.75) is 26.3 Å². The monoisotopic (exact) mass is 264 g/mol. The predicted molar refractivity (Wildman–Crippen MR) is 70.8 cm³/mol. The van der Waals surface area contributed by atoms with Crippen molar-refractivity contribution in [3.8, 4) is 0 Å². The van der Waals surface area contributed by atoms with Crippen LogP contribution in [0.4, 0.5) is 5.69 Å². The molecule has 5 nitrogen and oxygen atoms in total. The molecule has 0 aliphatic heterocycles. The minimum Gasteiger partial charge on any atom is -0.544 e. The Bertz CT molecular complexity index is 463. The van der Waals surface area contributed by atoms with Gasteiger partial charge in [0.25, 0.3) is 0 Å². The lowest BCUT2D eigenvalue weighted by Crippen LogP contribution is -3.12. The fraction of sp³-hybridized carbons (Fsp3) is 0.429. The van der Waals surface area contributed by atoms with Crippen LogP contribution in [0.25, 0.3) is 0 Å². The lowest BCUT2D eigenvalue weighted by atomic mass is 10.1. The largest absolute Gasteiger partial charge is 0.544 e. The zero-order chi connectivity index (χ0) is 14.6. The lowest BCUT2D eigenvalue weighted by molar-refractivity contribution is -0.878. The van der Waals surface area contributed by atoms with Gasteiger partial charge in [-0.05, 0) is 37.1 Å². The Labute approximate surface area is 113 Å². The average Bonchev–Trinajstić information content (AvgIpc) is 2.23. The van der Waals surface area contributed by atoms with E-state index in [0.717, 1.165) is 11.1 Å². The van der Waals surface area contributed by atoms with E-state index in [1.54, 1.807) is 14.1 Å². The Morgan fingerprint density at radius 2 is 1.74 bits per heavy atom. The van der Waals surface area contributed by atoms with Crippen LogP contribution >= 0.6 is 0 Å². The molecule has 0 fully saturated rings. The highest BCUT2D eigenvalue weighted by atomic mass is 16.4. The van der Waals surface area contributed by atoms with Crippen molar-refractivity contribution in [2.24, 2.45) is 0 Å². The van der Waals surface area contributed by atoms with Gasteiger partial charge in [-0.3, -0.25) is 4.79 Å². The molecule has 5 heteroatoms. The average molecular weight is 264 g/mol. The molecule has 0 aliphatic carbocycles. The van der Waals surface area contributed by atoms with Gasteiger partial charge >= 0.3 is 0 Å². The molecule has 1 atom stereocenters. The van der Waals surface area contributed by atoms with Gasteiger partial charge in [-0.15, -0.1) is 0 Å². The molecule has 104 valence electrons. The van der Waals surface area contributed by atoms with Crippen LogP contribution in [0.3, 0.4) is 0 Å². The summed E-state index contributed by atoms with van der Waals surface area (Å²) in [4.78, 5) is 23.4. The van der Waals surface area contributed by atoms with E-state index in [4.69, 9.17) is 0 Å². The van der Waals surface area contributed by atoms with E-state index in [1.807, 2.05) is 32.0 Å². The molecular formula is C14H20N2O3. The number of aliphatic carboxylic acids is 1. The van der Waals surface area contributed by atoms with E-state index in [0.29, 0.717) is 10.6 Å². The molecule has 0 aromatic heterocycles. The fourth-order valence-corrected chi connectivity index (χ4v) is 1.97. The highest BCUT2D eigenvalue weighted by Gasteiger charge is 2.20. The molecule has 0 spiro atoms. The smallest absolute Gasteiger partial charge is 0.230 e. The number of anilines is 1. The summed E-state index contributed by atoms with van der Waals surface area (Å²) in [7, 11) is 3.37. The third kappa shape index (κ3) is 4.71. The molecule has 0 heterocycles. The van der Waals surface area contributed by atoms with Crippen LogP contribution in [0.1, 0.15) is 17.5 Å². The molecule has 1 aromatic carbocycles. The Hall–Kier alpha value is -1.88. The van der Waals surface area contributed by atoms with E-state index < -0.39 is 12.0 Å². The number of hydrogen-bond acceptors (Lipinski definition) is 3. The molecular weight excluding hydrogens is 244 g/mol. The van der Waals surface area contributed by atoms with Crippen LogP contribution in [-0.4, -0.2) is 32.0 Å². The summed E-state index contributed by atoms with van der Waals surface area (Å²) in [5, 5.41) is 13.6. The second kappa shape index (κ2) is 6.33. The maximum Gasteiger partial charge on any atom is 0.230 e. The van der Waals surface area contributed by atoms with Crippen molar-refractivity contribution in [1.29, 1.82) is 0 Å². The topological polar surface area (TPSA) is 73.7 Å². The van der Waals surface area contributed by atoms with Gasteiger partial charge in [0.2, 0.25) is 5.91 Å². The van der Waals surface area contributed by atoms with Crippen molar-refractivity contribution in [1.82, 2.24) is 0 Å². The lowest BCUT2D eigenvalue weighted by Gasteiger charge is -2.21. The van der Waals surface area contributed by atoms with Gasteiger partial charge in [0.1, 0.15) is 6.04 Å². The maximum absolute atomic E-state index is 11.8. The third-order valence-electron chi connectivity index (χ3n) is 2.88. The van der Waals surface area contributed by atoms with Crippen molar-refractivity contribution in [3.63, 3.8) is 0 Å². The summed E-state index contributed by atoms with van der Waals surface area (Å²) in [5.74, 6) is -1.53. The molecule has 0 bridgehead atoms. The summed E-state index contributed by atoms with van der Waals surface area (Å²) >= 11 is 0. The second-order valence-electron chi connectivity index (χ2n) is 5.08. The third-order valence-corrected chi connectivity index (χ3v) is 2.88. The molecule has 2 N–H and O–H groups in total. The van der Waals surface area contributed by atoms with Crippen LogP contribution in [-0.2, 0) is 9.59 Å². The molecule has 1 aromatic rings. The molecule has 0 saturated carbocycles. The quantitative estimate of drug-likeness (QED) is 0.708. The number of likely N-dealkylation sites (N-methyl/N-ethyl adjacent to an activating group) is 1. The van der Waals surface area contributed by atoms with E-state index >= 15 is 0 Å². The van der Waals surface area contributed by atoms with Crippen molar-refractivity contribution in [3.05, 3.63) is 29.3 Å². The highest BCUT2D eigenvalue weighted by Crippen LogP contribution is 2.13. The van der Waals surface area contributed by atoms with E-state index in [-0.39, 0.29) is 12.3 Å². The Morgan fingerprint density at radius 3 is 2.16 bits per heavy atom. The molecule has 0 radical (unpaired) electrons. The summed E-state index contributed by atoms with van der Waals surface area (Å²) < 4.78 is 0. The maximum atomic E-state index is 11.8. The van der Waals surface area contributed by atoms with E-state index in [2.05, 4.69) is 5.32 Å². The summed E-state index contributed by atoms with van der Waals surface area (Å²) in [5.41, 5.74) is 2.78. The molecule has 0 saturated heterocycles. The number of nitrogens with one attached hydrogen (secondary N) is 2. The summed E-state index contributed by atoms with van der Waals surface area (Å²) in [6.07, 6.45) is -0.0995. The number of benzene rings is 1. The van der Waals surface area contributed by atoms with Gasteiger partial charge in [-0.25, -0.2) is 0 Å². The Morgan fingerprint density at radius 1 is 1.21 bits per heavy atom. The van der Waals surface area contributed by atoms with Crippen molar-refractivity contribution < 1.29 is 19.6 Å². The van der Waals surface area contributed by atoms with Crippen LogP contribution < -0.4 is 15.3 Å². The van der Waals surface area contributed by atoms with E-state index in [1.165, 1.54) is 0 Å². The first-order valence-corrected chi connectivity index (χ1v) is 6.18. The first kappa shape index (κ1) is 15.2. The normalized spacial score (nSPS) is 12.3. The minimum atomic E-state index is -1.21. The van der Waals surface area contributed by atoms with Gasteiger partial charge in [-0.2, -0.15) is 0 Å². The number of aryl methyl sites for hydroxylation is 2. The Kier molecular flexibility index (Phi) is 5.06. The van der Waals surface area contributed by atoms with Crippen LogP contribution in [0.15, 0.2) is 18.2 Å². The highest BCUT2D eigenvalue weighted by molar-refractivity contribution is 5.93. The zero-order valence-corrected chi connectivity index (χ0v) is 11.7. The van der Waals surface area contributed by atoms with Crippen LogP contribution in [0.2, 0.25) is 0 Å². The van der Waals surface area contributed by atoms with Gasteiger partial charge in [0, 0.05) is 5.69 Å². The first-order valence-electron chi connectivity index (χ1n) is 6.18. The molecule has 1 amide bonds. The number of carboxylic acid groups (broad SMARTS) is 1. The fourth-order valence-electron chi connectivity index (χ4n) is 1.97. The second-order valence-corrected chi connectivity index (χ2v) is 5.08. The molecule has 0 aliphatic rings. The van der Waals surface area contributed by atoms with Crippen molar-refractivity contribution >= 4 is 17.6 Å². The summed E-state index contributed by atoms with van der Waals surface area (Å²) in [6, 6.07) is 4.86. The number of carbonyl (C=O) groups is 2. The Balaban J connectivity index is 2.71. The van der Waals surface area contributed by atoms with Gasteiger partial charge in [0.05, 0.1) is 26.5 Å². The number of hydrogen-bond donors (Lipinski definition) is 2. The molecule has 1 rings (SSSR count). The zero-order valence-electron chi connectivity index (χ0n) is 11.7. The SMILES string of the molecule is Cc1cc(C)cc(NC(=O)C[C@H](C(=O)[O-])[NH+](C)C)c1. The standard InChI is InChI=1S/C14H20N2O3/c1-9-5-10(2)7-11(6-9)15-13(17)8-12(14(18)19)16(3)4/h5-7,12H,8H2,1-4H3,(H,15,17)(H,18,19)/t12-/m1/s1. The number of carbonyl (C=O) groups excluding carboxylic acids is 2. The minimum absolute atomic E-state index is 0.0995. The first-order chi connectivity index (χ1) is 8.79. The van der Waals surface area contributed by atoms with Crippen LogP contribution in [0.5, 0.6) is 0 Å². The summed E-state index contributed by atoms with van der Waals surface area (Å²) in [6.45, 7) is 3.88. The number of rotatable bonds is 5. The number of quaternary nitrogens is 1. The number of carboxylic acids is 1. The van der Waals surface area contributed by atoms with Crippen LogP contribution in [0, 0.1) is 13.8 Å². The molecule has 19 heavy (non-hydrogen) atoms. The molecule has 0 unspecified atom stereocenters. The predicted octanol–water partition coefficient (Wildman–Crippen LogP) is -1.10. The van der Waals surface area contributed by atoms with Gasteiger partial charge < -0.3 is 20.1 Å². The van der Waals surface area contributed by atoms with Gasteiger partial charge in [0.15, 0.2) is 0 Å². The van der Waals surface area contributed by atoms with E-state index in [9.17, 15) is 14.7 Å². The van der Waals surface area contributed by atoms with Crippen molar-refractivity contribution in [2.75, 3.05) is 19.4 Å². The number of amides is 1. The van der Waals surface area contributed by atoms with Gasteiger partial charge in [-0.1, -0.05) is 6.07 Å².